The molecule has 2 rings (SSSR count). The van der Waals surface area contributed by atoms with Gasteiger partial charge in [-0.2, -0.15) is 0 Å². The summed E-state index contributed by atoms with van der Waals surface area (Å²) in [5.74, 6) is 1.31. The minimum atomic E-state index is 0.341. The number of nitrogens with zero attached hydrogens (tertiary/aromatic N) is 1. The number of likely N-dealkylation sites (tertiary alicyclic amines) is 1. The van der Waals surface area contributed by atoms with Gasteiger partial charge in [-0.3, -0.25) is 0 Å². The van der Waals surface area contributed by atoms with Crippen molar-refractivity contribution in [1.82, 2.24) is 4.90 Å². The summed E-state index contributed by atoms with van der Waals surface area (Å²) in [4.78, 5) is 12.9. The van der Waals surface area contributed by atoms with E-state index in [0.29, 0.717) is 5.92 Å². The standard InChI is InChI=1S/C9H15NO/c11-7-9-3-4-10(6-9)5-8-1-2-8/h7-9H,1-6H2. The zero-order chi connectivity index (χ0) is 7.68. The molecule has 1 saturated heterocycles. The molecule has 1 atom stereocenters. The summed E-state index contributed by atoms with van der Waals surface area (Å²) in [6.45, 7) is 3.43. The predicted octanol–water partition coefficient (Wildman–Crippen LogP) is 0.917. The van der Waals surface area contributed by atoms with Crippen LogP contribution in [0.2, 0.25) is 0 Å². The van der Waals surface area contributed by atoms with E-state index in [-0.39, 0.29) is 0 Å². The van der Waals surface area contributed by atoms with Crippen molar-refractivity contribution in [3.8, 4) is 0 Å². The summed E-state index contributed by atoms with van der Waals surface area (Å²) < 4.78 is 0. The van der Waals surface area contributed by atoms with Crippen molar-refractivity contribution in [2.45, 2.75) is 19.3 Å². The maximum absolute atomic E-state index is 10.4. The van der Waals surface area contributed by atoms with Gasteiger partial charge in [0.25, 0.3) is 0 Å². The fourth-order valence-corrected chi connectivity index (χ4v) is 1.81. The van der Waals surface area contributed by atoms with Gasteiger partial charge in [-0.25, -0.2) is 0 Å². The minimum Gasteiger partial charge on any atom is -0.303 e. The van der Waals surface area contributed by atoms with Crippen molar-refractivity contribution in [1.29, 1.82) is 0 Å². The van der Waals surface area contributed by atoms with Crippen molar-refractivity contribution in [2.24, 2.45) is 11.8 Å². The maximum Gasteiger partial charge on any atom is 0.124 e. The number of carbonyl (C=O) groups excluding carboxylic acids is 1. The molecule has 11 heavy (non-hydrogen) atoms. The Labute approximate surface area is 67.6 Å². The van der Waals surface area contributed by atoms with Gasteiger partial charge < -0.3 is 9.69 Å². The Morgan fingerprint density at radius 1 is 1.36 bits per heavy atom. The molecule has 0 amide bonds. The van der Waals surface area contributed by atoms with E-state index in [2.05, 4.69) is 4.90 Å². The highest BCUT2D eigenvalue weighted by atomic mass is 16.1. The summed E-state index contributed by atoms with van der Waals surface area (Å²) in [7, 11) is 0. The van der Waals surface area contributed by atoms with Gasteiger partial charge in [-0.05, 0) is 31.7 Å². The van der Waals surface area contributed by atoms with Gasteiger partial charge in [0.1, 0.15) is 6.29 Å². The third-order valence-corrected chi connectivity index (χ3v) is 2.71. The monoisotopic (exact) mass is 153 g/mol. The van der Waals surface area contributed by atoms with Crippen molar-refractivity contribution in [3.05, 3.63) is 0 Å². The Morgan fingerprint density at radius 2 is 2.18 bits per heavy atom. The Balaban J connectivity index is 1.74. The summed E-state index contributed by atoms with van der Waals surface area (Å²) in [5.41, 5.74) is 0. The molecule has 1 aliphatic carbocycles. The van der Waals surface area contributed by atoms with Gasteiger partial charge in [0.05, 0.1) is 0 Å². The summed E-state index contributed by atoms with van der Waals surface area (Å²) >= 11 is 0. The summed E-state index contributed by atoms with van der Waals surface area (Å²) in [5, 5.41) is 0. The van der Waals surface area contributed by atoms with Crippen LogP contribution in [0.3, 0.4) is 0 Å². The molecular formula is C9H15NO. The Hall–Kier alpha value is -0.370. The highest BCUT2D eigenvalue weighted by Gasteiger charge is 2.28. The minimum absolute atomic E-state index is 0.341. The molecule has 2 fully saturated rings. The van der Waals surface area contributed by atoms with Crippen LogP contribution < -0.4 is 0 Å². The molecule has 2 nitrogen and oxygen atoms in total. The maximum atomic E-state index is 10.4. The zero-order valence-corrected chi connectivity index (χ0v) is 6.83. The highest BCUT2D eigenvalue weighted by Crippen LogP contribution is 2.31. The lowest BCUT2D eigenvalue weighted by Crippen LogP contribution is -2.23. The van der Waals surface area contributed by atoms with E-state index < -0.39 is 0 Å². The average molecular weight is 153 g/mol. The molecule has 1 aliphatic heterocycles. The van der Waals surface area contributed by atoms with Crippen LogP contribution in [0, 0.1) is 11.8 Å². The SMILES string of the molecule is O=CC1CCN(CC2CC2)C1. The van der Waals surface area contributed by atoms with Crippen molar-refractivity contribution < 1.29 is 4.79 Å². The molecule has 0 aromatic rings. The molecule has 0 N–H and O–H groups in total. The van der Waals surface area contributed by atoms with Gasteiger partial charge in [0, 0.05) is 19.0 Å². The number of aldehydes is 1. The van der Waals surface area contributed by atoms with E-state index >= 15 is 0 Å². The van der Waals surface area contributed by atoms with Crippen molar-refractivity contribution in [3.63, 3.8) is 0 Å². The molecule has 62 valence electrons. The van der Waals surface area contributed by atoms with Crippen molar-refractivity contribution >= 4 is 6.29 Å². The smallest absolute Gasteiger partial charge is 0.124 e. The number of hydrogen-bond acceptors (Lipinski definition) is 2. The molecule has 2 aliphatic rings. The fraction of sp³-hybridized carbons (Fsp3) is 0.889. The Morgan fingerprint density at radius 3 is 2.73 bits per heavy atom. The van der Waals surface area contributed by atoms with Crippen LogP contribution in [0.25, 0.3) is 0 Å². The Bertz CT molecular complexity index is 154. The highest BCUT2D eigenvalue weighted by molar-refractivity contribution is 5.54. The fourth-order valence-electron chi connectivity index (χ4n) is 1.81. The number of hydrogen-bond donors (Lipinski definition) is 0. The second kappa shape index (κ2) is 2.94. The van der Waals surface area contributed by atoms with Gasteiger partial charge >= 0.3 is 0 Å². The molecule has 1 saturated carbocycles. The first-order chi connectivity index (χ1) is 5.38. The lowest BCUT2D eigenvalue weighted by Gasteiger charge is -2.13. The predicted molar refractivity (Wildman–Crippen MR) is 43.3 cm³/mol. The molecule has 1 heterocycles. The van der Waals surface area contributed by atoms with E-state index in [9.17, 15) is 4.79 Å². The van der Waals surface area contributed by atoms with Crippen LogP contribution in [-0.2, 0) is 4.79 Å². The summed E-state index contributed by atoms with van der Waals surface area (Å²) in [6, 6.07) is 0. The van der Waals surface area contributed by atoms with Gasteiger partial charge in [-0.15, -0.1) is 0 Å². The third-order valence-electron chi connectivity index (χ3n) is 2.71. The van der Waals surface area contributed by atoms with Gasteiger partial charge in [0.2, 0.25) is 0 Å². The van der Waals surface area contributed by atoms with Gasteiger partial charge in [-0.1, -0.05) is 0 Å². The van der Waals surface area contributed by atoms with E-state index in [1.54, 1.807) is 0 Å². The van der Waals surface area contributed by atoms with Crippen LogP contribution in [-0.4, -0.2) is 30.8 Å². The number of carbonyl (C=O) groups is 1. The molecule has 0 radical (unpaired) electrons. The van der Waals surface area contributed by atoms with Crippen LogP contribution >= 0.6 is 0 Å². The van der Waals surface area contributed by atoms with Crippen LogP contribution in [0.5, 0.6) is 0 Å². The third kappa shape index (κ3) is 1.80. The lowest BCUT2D eigenvalue weighted by atomic mass is 10.1. The summed E-state index contributed by atoms with van der Waals surface area (Å²) in [6.07, 6.45) is 5.05. The zero-order valence-electron chi connectivity index (χ0n) is 6.83. The van der Waals surface area contributed by atoms with Gasteiger partial charge in [0.15, 0.2) is 0 Å². The normalized spacial score (nSPS) is 32.5. The quantitative estimate of drug-likeness (QED) is 0.562. The largest absolute Gasteiger partial charge is 0.303 e. The first-order valence-electron chi connectivity index (χ1n) is 4.56. The van der Waals surface area contributed by atoms with E-state index in [0.717, 1.165) is 31.7 Å². The lowest BCUT2D eigenvalue weighted by molar-refractivity contribution is -0.110. The van der Waals surface area contributed by atoms with Crippen LogP contribution in [0.1, 0.15) is 19.3 Å². The second-order valence-corrected chi connectivity index (χ2v) is 3.89. The average Bonchev–Trinajstić information content (AvgIpc) is 2.68. The molecule has 0 spiro atoms. The Kier molecular flexibility index (Phi) is 1.95. The molecule has 0 bridgehead atoms. The first kappa shape index (κ1) is 7.29. The van der Waals surface area contributed by atoms with E-state index in [1.807, 2.05) is 0 Å². The van der Waals surface area contributed by atoms with Crippen molar-refractivity contribution in [2.75, 3.05) is 19.6 Å². The molecule has 1 unspecified atom stereocenters. The number of rotatable bonds is 3. The van der Waals surface area contributed by atoms with Crippen LogP contribution in [0.15, 0.2) is 0 Å². The van der Waals surface area contributed by atoms with E-state index in [1.165, 1.54) is 19.4 Å². The van der Waals surface area contributed by atoms with E-state index in [4.69, 9.17) is 0 Å². The van der Waals surface area contributed by atoms with Crippen LogP contribution in [0.4, 0.5) is 0 Å². The second-order valence-electron chi connectivity index (χ2n) is 3.89. The topological polar surface area (TPSA) is 20.3 Å². The molecule has 0 aromatic carbocycles. The molecule has 0 aromatic heterocycles. The molecular weight excluding hydrogens is 138 g/mol. The first-order valence-corrected chi connectivity index (χ1v) is 4.56. The molecule has 2 heteroatoms.